The van der Waals surface area contributed by atoms with Crippen molar-refractivity contribution in [2.45, 2.75) is 38.7 Å². The number of hydrogen-bond acceptors (Lipinski definition) is 2. The Balaban J connectivity index is 2.64. The molecule has 1 atom stereocenters. The summed E-state index contributed by atoms with van der Waals surface area (Å²) in [6.07, 6.45) is -0.498. The zero-order valence-corrected chi connectivity index (χ0v) is 8.26. The quantitative estimate of drug-likeness (QED) is 0.736. The second kappa shape index (κ2) is 3.15. The summed E-state index contributed by atoms with van der Waals surface area (Å²) < 4.78 is 25.2. The van der Waals surface area contributed by atoms with Gasteiger partial charge >= 0.3 is 5.97 Å². The summed E-state index contributed by atoms with van der Waals surface area (Å²) >= 11 is 0. The van der Waals surface area contributed by atoms with Crippen molar-refractivity contribution in [2.75, 3.05) is 0 Å². The molecule has 0 spiro atoms. The molecule has 0 saturated heterocycles. The first-order valence-electron chi connectivity index (χ1n) is 4.53. The predicted octanol–water partition coefficient (Wildman–Crippen LogP) is 1.47. The lowest BCUT2D eigenvalue weighted by Crippen LogP contribution is -2.54. The van der Waals surface area contributed by atoms with E-state index in [0.29, 0.717) is 0 Å². The minimum atomic E-state index is -2.62. The number of carboxylic acids is 1. The van der Waals surface area contributed by atoms with Gasteiger partial charge in [0.25, 0.3) is 0 Å². The van der Waals surface area contributed by atoms with Crippen LogP contribution in [0.25, 0.3) is 0 Å². The first-order chi connectivity index (χ1) is 6.17. The van der Waals surface area contributed by atoms with Crippen molar-refractivity contribution >= 4 is 5.97 Å². The van der Waals surface area contributed by atoms with Crippen LogP contribution >= 0.6 is 0 Å². The second-order valence-electron chi connectivity index (χ2n) is 4.60. The van der Waals surface area contributed by atoms with Crippen molar-refractivity contribution in [1.29, 1.82) is 0 Å². The van der Waals surface area contributed by atoms with Crippen LogP contribution in [0.5, 0.6) is 0 Å². The highest BCUT2D eigenvalue weighted by Gasteiger charge is 2.54. The molecule has 0 amide bonds. The Bertz CT molecular complexity index is 245. The molecule has 0 bridgehead atoms. The topological polar surface area (TPSA) is 63.3 Å². The molecule has 1 rings (SSSR count). The van der Waals surface area contributed by atoms with Crippen LogP contribution in [0.2, 0.25) is 0 Å². The molecule has 5 heteroatoms. The Morgan fingerprint density at radius 2 is 2.00 bits per heavy atom. The molecule has 1 saturated carbocycles. The summed E-state index contributed by atoms with van der Waals surface area (Å²) in [5.41, 5.74) is 4.68. The summed E-state index contributed by atoms with van der Waals surface area (Å²) in [4.78, 5) is 10.6. The van der Waals surface area contributed by atoms with E-state index in [1.165, 1.54) is 0 Å². The molecule has 3 nitrogen and oxygen atoms in total. The molecule has 0 aromatic carbocycles. The standard InChI is InChI=1S/C9H15F2NO2/c1-8(2,6(12)7(13)14)5-3-9(10,11)4-5/h5-6H,3-4,12H2,1-2H3,(H,13,14). The highest BCUT2D eigenvalue weighted by atomic mass is 19.3. The van der Waals surface area contributed by atoms with E-state index < -0.39 is 23.3 Å². The van der Waals surface area contributed by atoms with Crippen LogP contribution in [0, 0.1) is 11.3 Å². The third-order valence-electron chi connectivity index (χ3n) is 3.21. The largest absolute Gasteiger partial charge is 0.480 e. The van der Waals surface area contributed by atoms with Gasteiger partial charge in [0.2, 0.25) is 5.92 Å². The number of nitrogens with two attached hydrogens (primary N) is 1. The molecule has 3 N–H and O–H groups in total. The van der Waals surface area contributed by atoms with Gasteiger partial charge in [-0.1, -0.05) is 13.8 Å². The maximum atomic E-state index is 12.6. The van der Waals surface area contributed by atoms with Crippen molar-refractivity contribution in [1.82, 2.24) is 0 Å². The average molecular weight is 207 g/mol. The molecule has 0 aromatic rings. The van der Waals surface area contributed by atoms with Gasteiger partial charge in [0.15, 0.2) is 0 Å². The van der Waals surface area contributed by atoms with Gasteiger partial charge in [-0.15, -0.1) is 0 Å². The zero-order chi connectivity index (χ0) is 11.1. The SMILES string of the molecule is CC(C)(C1CC(F)(F)C1)C(N)C(=O)O. The smallest absolute Gasteiger partial charge is 0.321 e. The zero-order valence-electron chi connectivity index (χ0n) is 8.26. The monoisotopic (exact) mass is 207 g/mol. The predicted molar refractivity (Wildman–Crippen MR) is 47.1 cm³/mol. The maximum absolute atomic E-state index is 12.6. The third kappa shape index (κ3) is 1.87. The van der Waals surface area contributed by atoms with E-state index in [9.17, 15) is 13.6 Å². The van der Waals surface area contributed by atoms with Gasteiger partial charge in [-0.3, -0.25) is 4.79 Å². The van der Waals surface area contributed by atoms with Gasteiger partial charge in [0.05, 0.1) is 0 Å². The molecule has 82 valence electrons. The molecule has 1 aliphatic carbocycles. The summed E-state index contributed by atoms with van der Waals surface area (Å²) in [5.74, 6) is -4.06. The minimum Gasteiger partial charge on any atom is -0.480 e. The Labute approximate surface area is 81.3 Å². The van der Waals surface area contributed by atoms with Crippen LogP contribution in [0.15, 0.2) is 0 Å². The number of alkyl halides is 2. The highest BCUT2D eigenvalue weighted by Crippen LogP contribution is 2.51. The van der Waals surface area contributed by atoms with Gasteiger partial charge in [-0.05, 0) is 11.3 Å². The van der Waals surface area contributed by atoms with E-state index >= 15 is 0 Å². The van der Waals surface area contributed by atoms with Gasteiger partial charge < -0.3 is 10.8 Å². The maximum Gasteiger partial charge on any atom is 0.321 e. The van der Waals surface area contributed by atoms with E-state index in [-0.39, 0.29) is 18.8 Å². The number of carbonyl (C=O) groups is 1. The first-order valence-corrected chi connectivity index (χ1v) is 4.53. The lowest BCUT2D eigenvalue weighted by atomic mass is 9.62. The molecule has 1 fully saturated rings. The van der Waals surface area contributed by atoms with Crippen LogP contribution in [-0.2, 0) is 4.79 Å². The van der Waals surface area contributed by atoms with Gasteiger partial charge in [-0.25, -0.2) is 8.78 Å². The molecule has 0 heterocycles. The Morgan fingerprint density at radius 1 is 1.57 bits per heavy atom. The molecule has 1 unspecified atom stereocenters. The number of halogens is 2. The first kappa shape index (κ1) is 11.4. The van der Waals surface area contributed by atoms with Crippen LogP contribution < -0.4 is 5.73 Å². The summed E-state index contributed by atoms with van der Waals surface area (Å²) in [5, 5.41) is 8.70. The van der Waals surface area contributed by atoms with Crippen LogP contribution in [0.1, 0.15) is 26.7 Å². The van der Waals surface area contributed by atoms with Gasteiger partial charge in [-0.2, -0.15) is 0 Å². The van der Waals surface area contributed by atoms with Crippen molar-refractivity contribution in [3.63, 3.8) is 0 Å². The molecule has 0 radical (unpaired) electrons. The summed E-state index contributed by atoms with van der Waals surface area (Å²) in [7, 11) is 0. The molecular weight excluding hydrogens is 192 g/mol. The normalized spacial score (nSPS) is 24.1. The van der Waals surface area contributed by atoms with E-state index in [4.69, 9.17) is 10.8 Å². The van der Waals surface area contributed by atoms with Crippen molar-refractivity contribution in [2.24, 2.45) is 17.1 Å². The lowest BCUT2D eigenvalue weighted by Gasteiger charge is -2.46. The number of rotatable bonds is 3. The molecule has 1 aliphatic rings. The lowest BCUT2D eigenvalue weighted by molar-refractivity contribution is -0.160. The number of aliphatic carboxylic acids is 1. The molecule has 0 aromatic heterocycles. The average Bonchev–Trinajstić information content (AvgIpc) is 1.98. The Kier molecular flexibility index (Phi) is 2.56. The van der Waals surface area contributed by atoms with Gasteiger partial charge in [0, 0.05) is 12.8 Å². The molecular formula is C9H15F2NO2. The number of hydrogen-bond donors (Lipinski definition) is 2. The fraction of sp³-hybridized carbons (Fsp3) is 0.889. The van der Waals surface area contributed by atoms with Crippen LogP contribution in [0.3, 0.4) is 0 Å². The Hall–Kier alpha value is -0.710. The van der Waals surface area contributed by atoms with Crippen molar-refractivity contribution in [3.05, 3.63) is 0 Å². The van der Waals surface area contributed by atoms with E-state index in [2.05, 4.69) is 0 Å². The molecule has 0 aliphatic heterocycles. The van der Waals surface area contributed by atoms with E-state index in [1.807, 2.05) is 0 Å². The number of carboxylic acid groups (broad SMARTS) is 1. The van der Waals surface area contributed by atoms with E-state index in [1.54, 1.807) is 13.8 Å². The van der Waals surface area contributed by atoms with Crippen LogP contribution in [-0.4, -0.2) is 23.0 Å². The Morgan fingerprint density at radius 3 is 2.29 bits per heavy atom. The molecule has 14 heavy (non-hydrogen) atoms. The highest BCUT2D eigenvalue weighted by molar-refractivity contribution is 5.74. The van der Waals surface area contributed by atoms with Crippen LogP contribution in [0.4, 0.5) is 8.78 Å². The minimum absolute atomic E-state index is 0.249. The second-order valence-corrected chi connectivity index (χ2v) is 4.60. The summed E-state index contributed by atoms with van der Waals surface area (Å²) in [6, 6.07) is -1.08. The van der Waals surface area contributed by atoms with Crippen molar-refractivity contribution < 1.29 is 18.7 Å². The van der Waals surface area contributed by atoms with Crippen molar-refractivity contribution in [3.8, 4) is 0 Å². The third-order valence-corrected chi connectivity index (χ3v) is 3.21. The van der Waals surface area contributed by atoms with Gasteiger partial charge in [0.1, 0.15) is 6.04 Å². The fourth-order valence-electron chi connectivity index (χ4n) is 1.76. The van der Waals surface area contributed by atoms with E-state index in [0.717, 1.165) is 0 Å². The summed E-state index contributed by atoms with van der Waals surface area (Å²) in [6.45, 7) is 3.26. The fourth-order valence-corrected chi connectivity index (χ4v) is 1.76.